The first-order chi connectivity index (χ1) is 9.61. The minimum absolute atomic E-state index is 0.101. The van der Waals surface area contributed by atoms with Crippen molar-refractivity contribution >= 4 is 33.3 Å². The maximum Gasteiger partial charge on any atom is 0.165 e. The molecule has 0 N–H and O–H groups in total. The Morgan fingerprint density at radius 1 is 1.55 bits per heavy atom. The van der Waals surface area contributed by atoms with Gasteiger partial charge in [0.1, 0.15) is 0 Å². The average Bonchev–Trinajstić information content (AvgIpc) is 2.45. The molecule has 20 heavy (non-hydrogen) atoms. The lowest BCUT2D eigenvalue weighted by atomic mass is 10.1. The van der Waals surface area contributed by atoms with Gasteiger partial charge in [0.25, 0.3) is 0 Å². The zero-order valence-corrected chi connectivity index (χ0v) is 13.9. The summed E-state index contributed by atoms with van der Waals surface area (Å²) >= 11 is 9.46. The molecular weight excluding hydrogens is 342 g/mol. The topological polar surface area (TPSA) is 29.5 Å². The van der Waals surface area contributed by atoms with Gasteiger partial charge in [-0.1, -0.05) is 34.5 Å². The van der Waals surface area contributed by atoms with Gasteiger partial charge in [-0.2, -0.15) is 0 Å². The molecule has 1 aromatic carbocycles. The predicted molar refractivity (Wildman–Crippen MR) is 84.6 cm³/mol. The maximum absolute atomic E-state index is 12.3. The van der Waals surface area contributed by atoms with E-state index in [4.69, 9.17) is 16.3 Å². The van der Waals surface area contributed by atoms with E-state index >= 15 is 0 Å². The van der Waals surface area contributed by atoms with E-state index in [-0.39, 0.29) is 5.78 Å². The van der Waals surface area contributed by atoms with Crippen molar-refractivity contribution in [3.63, 3.8) is 0 Å². The third-order valence-electron chi connectivity index (χ3n) is 3.68. The number of carbonyl (C=O) groups excluding carboxylic acids is 1. The van der Waals surface area contributed by atoms with Crippen LogP contribution in [-0.4, -0.2) is 43.0 Å². The van der Waals surface area contributed by atoms with E-state index in [0.717, 1.165) is 37.2 Å². The number of benzene rings is 1. The summed E-state index contributed by atoms with van der Waals surface area (Å²) in [5.74, 6) is 0.101. The second kappa shape index (κ2) is 7.55. The zero-order valence-electron chi connectivity index (χ0n) is 11.6. The first-order valence-corrected chi connectivity index (χ1v) is 8.09. The normalized spacial score (nSPS) is 20.1. The minimum atomic E-state index is 0.101. The van der Waals surface area contributed by atoms with Gasteiger partial charge >= 0.3 is 0 Å². The molecule has 0 spiro atoms. The van der Waals surface area contributed by atoms with Gasteiger partial charge in [0.2, 0.25) is 0 Å². The van der Waals surface area contributed by atoms with Gasteiger partial charge in [-0.3, -0.25) is 9.69 Å². The highest BCUT2D eigenvalue weighted by molar-refractivity contribution is 9.10. The molecule has 0 radical (unpaired) electrons. The monoisotopic (exact) mass is 359 g/mol. The molecule has 0 bridgehead atoms. The van der Waals surface area contributed by atoms with E-state index in [9.17, 15) is 4.79 Å². The molecule has 3 nitrogen and oxygen atoms in total. The fourth-order valence-corrected chi connectivity index (χ4v) is 3.23. The molecule has 1 saturated heterocycles. The van der Waals surface area contributed by atoms with Gasteiger partial charge in [-0.25, -0.2) is 0 Å². The summed E-state index contributed by atoms with van der Waals surface area (Å²) in [6.07, 6.45) is 1.55. The lowest BCUT2D eigenvalue weighted by Crippen LogP contribution is -2.45. The highest BCUT2D eigenvalue weighted by Gasteiger charge is 2.22. The molecule has 1 unspecified atom stereocenters. The van der Waals surface area contributed by atoms with Crippen molar-refractivity contribution in [3.05, 3.63) is 33.3 Å². The van der Waals surface area contributed by atoms with Crippen LogP contribution in [0.2, 0.25) is 5.02 Å². The van der Waals surface area contributed by atoms with Crippen molar-refractivity contribution in [2.75, 3.05) is 26.3 Å². The number of carbonyl (C=O) groups is 1. The van der Waals surface area contributed by atoms with Crippen LogP contribution in [0.3, 0.4) is 0 Å². The summed E-state index contributed by atoms with van der Waals surface area (Å²) in [5, 5.41) is 0.512. The molecule has 1 fully saturated rings. The summed E-state index contributed by atoms with van der Waals surface area (Å²) in [6, 6.07) is 5.82. The highest BCUT2D eigenvalue weighted by Crippen LogP contribution is 2.23. The summed E-state index contributed by atoms with van der Waals surface area (Å²) in [6.45, 7) is 5.35. The van der Waals surface area contributed by atoms with Gasteiger partial charge in [-0.05, 0) is 24.6 Å². The van der Waals surface area contributed by atoms with Crippen LogP contribution in [0, 0.1) is 0 Å². The number of ketones is 1. The molecule has 0 saturated carbocycles. The van der Waals surface area contributed by atoms with E-state index in [0.29, 0.717) is 23.0 Å². The Kier molecular flexibility index (Phi) is 6.02. The first-order valence-electron chi connectivity index (χ1n) is 6.92. The first kappa shape index (κ1) is 16.0. The Morgan fingerprint density at radius 2 is 2.35 bits per heavy atom. The van der Waals surface area contributed by atoms with Gasteiger partial charge in [-0.15, -0.1) is 0 Å². The number of morpholine rings is 1. The fourth-order valence-electron chi connectivity index (χ4n) is 2.46. The van der Waals surface area contributed by atoms with E-state index in [1.165, 1.54) is 0 Å². The molecule has 0 amide bonds. The van der Waals surface area contributed by atoms with Crippen LogP contribution in [0.25, 0.3) is 0 Å². The third-order valence-corrected chi connectivity index (χ3v) is 4.48. The molecular formula is C15H19BrClNO2. The molecule has 110 valence electrons. The maximum atomic E-state index is 12.3. The molecule has 1 atom stereocenters. The Morgan fingerprint density at radius 3 is 3.05 bits per heavy atom. The van der Waals surface area contributed by atoms with Crippen molar-refractivity contribution in [1.82, 2.24) is 4.90 Å². The van der Waals surface area contributed by atoms with Crippen LogP contribution in [-0.2, 0) is 4.74 Å². The minimum Gasteiger partial charge on any atom is -0.378 e. The fraction of sp³-hybridized carbons (Fsp3) is 0.533. The smallest absolute Gasteiger partial charge is 0.165 e. The molecule has 0 aliphatic carbocycles. The lowest BCUT2D eigenvalue weighted by Gasteiger charge is -2.34. The second-order valence-electron chi connectivity index (χ2n) is 4.97. The molecule has 2 rings (SSSR count). The number of ether oxygens (including phenoxy) is 1. The van der Waals surface area contributed by atoms with Crippen molar-refractivity contribution in [3.8, 4) is 0 Å². The standard InChI is InChI=1S/C15H19BrClNO2/c1-2-12-10-20-8-7-18(12)6-5-15(19)13-4-3-11(16)9-14(13)17/h3-4,9,12H,2,5-8,10H2,1H3. The molecule has 1 aliphatic rings. The zero-order chi connectivity index (χ0) is 14.5. The molecule has 1 aromatic rings. The Labute approximate surface area is 133 Å². The van der Waals surface area contributed by atoms with Crippen molar-refractivity contribution in [2.24, 2.45) is 0 Å². The van der Waals surface area contributed by atoms with Gasteiger partial charge in [0.15, 0.2) is 5.78 Å². The summed E-state index contributed by atoms with van der Waals surface area (Å²) in [4.78, 5) is 14.6. The van der Waals surface area contributed by atoms with Crippen molar-refractivity contribution < 1.29 is 9.53 Å². The van der Waals surface area contributed by atoms with Gasteiger partial charge in [0, 0.05) is 35.6 Å². The number of Topliss-reactive ketones (excluding diaryl/α,β-unsaturated/α-hetero) is 1. The predicted octanol–water partition coefficient (Wildman–Crippen LogP) is 3.79. The highest BCUT2D eigenvalue weighted by atomic mass is 79.9. The SMILES string of the molecule is CCC1COCCN1CCC(=O)c1ccc(Br)cc1Cl. The van der Waals surface area contributed by atoms with E-state index in [1.54, 1.807) is 12.1 Å². The van der Waals surface area contributed by atoms with Crippen LogP contribution in [0.15, 0.2) is 22.7 Å². The average molecular weight is 361 g/mol. The number of rotatable bonds is 5. The van der Waals surface area contributed by atoms with E-state index < -0.39 is 0 Å². The number of hydrogen-bond donors (Lipinski definition) is 0. The van der Waals surface area contributed by atoms with Crippen molar-refractivity contribution in [1.29, 1.82) is 0 Å². The summed E-state index contributed by atoms with van der Waals surface area (Å²) in [7, 11) is 0. The second-order valence-corrected chi connectivity index (χ2v) is 6.29. The lowest BCUT2D eigenvalue weighted by molar-refractivity contribution is -0.00839. The van der Waals surface area contributed by atoms with Crippen molar-refractivity contribution in [2.45, 2.75) is 25.8 Å². The van der Waals surface area contributed by atoms with E-state index in [1.807, 2.05) is 6.07 Å². The van der Waals surface area contributed by atoms with Gasteiger partial charge in [0.05, 0.1) is 18.2 Å². The van der Waals surface area contributed by atoms with Gasteiger partial charge < -0.3 is 4.74 Å². The molecule has 1 aliphatic heterocycles. The Balaban J connectivity index is 1.94. The molecule has 1 heterocycles. The third kappa shape index (κ3) is 4.04. The van der Waals surface area contributed by atoms with Crippen LogP contribution in [0.1, 0.15) is 30.1 Å². The molecule has 0 aromatic heterocycles. The number of hydrogen-bond acceptors (Lipinski definition) is 3. The summed E-state index contributed by atoms with van der Waals surface area (Å²) in [5.41, 5.74) is 0.608. The Hall–Kier alpha value is -0.420. The van der Waals surface area contributed by atoms with Crippen LogP contribution in [0.5, 0.6) is 0 Å². The van der Waals surface area contributed by atoms with Crippen LogP contribution in [0.4, 0.5) is 0 Å². The largest absolute Gasteiger partial charge is 0.378 e. The van der Waals surface area contributed by atoms with E-state index in [2.05, 4.69) is 27.8 Å². The quantitative estimate of drug-likeness (QED) is 0.748. The molecule has 5 heteroatoms. The number of nitrogens with zero attached hydrogens (tertiary/aromatic N) is 1. The Bertz CT molecular complexity index is 481. The number of halogens is 2. The van der Waals surface area contributed by atoms with Crippen LogP contribution < -0.4 is 0 Å². The van der Waals surface area contributed by atoms with Crippen LogP contribution >= 0.6 is 27.5 Å². The summed E-state index contributed by atoms with van der Waals surface area (Å²) < 4.78 is 6.36.